The molecule has 1 saturated heterocycles. The number of carbonyl (C=O) groups is 1. The van der Waals surface area contributed by atoms with E-state index in [0.29, 0.717) is 19.6 Å². The van der Waals surface area contributed by atoms with Crippen LogP contribution in [0.5, 0.6) is 0 Å². The molecular weight excluding hydrogens is 466 g/mol. The van der Waals surface area contributed by atoms with Gasteiger partial charge in [0.1, 0.15) is 6.23 Å². The largest absolute Gasteiger partial charge is 0.465 e. The molecule has 5 heteroatoms. The average Bonchev–Trinajstić information content (AvgIpc) is 2.92. The van der Waals surface area contributed by atoms with Gasteiger partial charge in [0, 0.05) is 17.2 Å². The first-order valence-corrected chi connectivity index (χ1v) is 13.5. The number of nitrogens with zero attached hydrogens (tertiary/aromatic N) is 1. The van der Waals surface area contributed by atoms with Gasteiger partial charge in [0.05, 0.1) is 6.61 Å². The lowest BCUT2D eigenvalue weighted by atomic mass is 9.88. The summed E-state index contributed by atoms with van der Waals surface area (Å²) in [6, 6.07) is 33.9. The molecule has 0 radical (unpaired) electrons. The maximum Gasteiger partial charge on any atom is 0.409 e. The van der Waals surface area contributed by atoms with Gasteiger partial charge in [-0.25, -0.2) is 4.79 Å². The van der Waals surface area contributed by atoms with Crippen LogP contribution in [0.2, 0.25) is 0 Å². The minimum absolute atomic E-state index is 0.287. The number of hydrogen-bond acceptors (Lipinski definition) is 3. The van der Waals surface area contributed by atoms with E-state index >= 15 is 0 Å². The Hall–Kier alpha value is -3.28. The van der Waals surface area contributed by atoms with Crippen LogP contribution in [-0.2, 0) is 17.8 Å². The molecule has 0 aromatic heterocycles. The summed E-state index contributed by atoms with van der Waals surface area (Å²) < 4.78 is 6.20. The summed E-state index contributed by atoms with van der Waals surface area (Å²) in [4.78, 5) is 14.6. The Morgan fingerprint density at radius 1 is 0.889 bits per heavy atom. The number of fused-ring (bicyclic) bond motifs is 1. The highest BCUT2D eigenvalue weighted by molar-refractivity contribution is 7.99. The van der Waals surface area contributed by atoms with E-state index < -0.39 is 12.3 Å². The summed E-state index contributed by atoms with van der Waals surface area (Å²) in [6.45, 7) is 0.877. The number of hydrogen-bond donors (Lipinski definition) is 1. The zero-order chi connectivity index (χ0) is 24.7. The summed E-state index contributed by atoms with van der Waals surface area (Å²) in [7, 11) is 0. The normalized spacial score (nSPS) is 17.8. The van der Waals surface area contributed by atoms with Gasteiger partial charge in [0.2, 0.25) is 0 Å². The van der Waals surface area contributed by atoms with Crippen LogP contribution in [0.15, 0.2) is 102 Å². The predicted octanol–water partition coefficient (Wildman–Crippen LogP) is 7.57. The quantitative estimate of drug-likeness (QED) is 0.255. The Morgan fingerprint density at radius 2 is 1.61 bits per heavy atom. The molecule has 36 heavy (non-hydrogen) atoms. The van der Waals surface area contributed by atoms with Crippen LogP contribution in [0.3, 0.4) is 0 Å². The van der Waals surface area contributed by atoms with Gasteiger partial charge in [-0.1, -0.05) is 78.9 Å². The summed E-state index contributed by atoms with van der Waals surface area (Å²) >= 11 is 1.88. The lowest BCUT2D eigenvalue weighted by Crippen LogP contribution is -2.46. The van der Waals surface area contributed by atoms with E-state index in [1.165, 1.54) is 26.3 Å². The zero-order valence-electron chi connectivity index (χ0n) is 20.3. The van der Waals surface area contributed by atoms with E-state index in [1.807, 2.05) is 30.0 Å². The number of ether oxygens (including phenoxy) is 1. The number of likely N-dealkylation sites (tertiary alicyclic amines) is 1. The number of carboxylic acid groups (broad SMARTS) is 1. The van der Waals surface area contributed by atoms with E-state index in [4.69, 9.17) is 4.74 Å². The second-order valence-corrected chi connectivity index (χ2v) is 10.5. The lowest BCUT2D eigenvalue weighted by Gasteiger charge is -2.37. The van der Waals surface area contributed by atoms with Gasteiger partial charge < -0.3 is 9.84 Å². The Morgan fingerprint density at radius 3 is 2.39 bits per heavy atom. The van der Waals surface area contributed by atoms with Crippen LogP contribution in [0.25, 0.3) is 10.8 Å². The van der Waals surface area contributed by atoms with Crippen LogP contribution < -0.4 is 0 Å². The zero-order valence-corrected chi connectivity index (χ0v) is 21.1. The Labute approximate surface area is 216 Å². The van der Waals surface area contributed by atoms with Crippen molar-refractivity contribution in [1.82, 2.24) is 4.90 Å². The van der Waals surface area contributed by atoms with E-state index in [9.17, 15) is 9.90 Å². The molecule has 184 valence electrons. The van der Waals surface area contributed by atoms with Gasteiger partial charge in [-0.15, -0.1) is 11.8 Å². The third-order valence-electron chi connectivity index (χ3n) is 6.91. The molecule has 0 saturated carbocycles. The Bertz CT molecular complexity index is 1290. The molecule has 4 aromatic rings. The van der Waals surface area contributed by atoms with Crippen molar-refractivity contribution in [3.63, 3.8) is 0 Å². The van der Waals surface area contributed by atoms with Crippen LogP contribution in [-0.4, -0.2) is 34.6 Å². The third-order valence-corrected chi connectivity index (χ3v) is 7.92. The fraction of sp³-hybridized carbons (Fsp3) is 0.258. The highest BCUT2D eigenvalue weighted by Crippen LogP contribution is 2.33. The first-order chi connectivity index (χ1) is 17.7. The Balaban J connectivity index is 1.19. The molecule has 0 bridgehead atoms. The predicted molar refractivity (Wildman–Crippen MR) is 147 cm³/mol. The SMILES string of the molecule is O=C(O)N1CCC(c2ccc(CCSc3ccccc3)cc2)CC1OCc1ccc2ccccc2c1. The van der Waals surface area contributed by atoms with Crippen LogP contribution >= 0.6 is 11.8 Å². The monoisotopic (exact) mass is 497 g/mol. The molecule has 2 unspecified atom stereocenters. The van der Waals surface area contributed by atoms with Gasteiger partial charge in [-0.05, 0) is 70.8 Å². The second-order valence-electron chi connectivity index (χ2n) is 9.30. The van der Waals surface area contributed by atoms with Crippen molar-refractivity contribution in [2.24, 2.45) is 0 Å². The number of benzene rings is 4. The minimum Gasteiger partial charge on any atom is -0.465 e. The molecule has 1 heterocycles. The molecule has 4 nitrogen and oxygen atoms in total. The number of thioether (sulfide) groups is 1. The average molecular weight is 498 g/mol. The van der Waals surface area contributed by atoms with Gasteiger partial charge in [0.25, 0.3) is 0 Å². The molecule has 0 spiro atoms. The van der Waals surface area contributed by atoms with E-state index in [-0.39, 0.29) is 5.92 Å². The molecule has 5 rings (SSSR count). The molecule has 1 fully saturated rings. The van der Waals surface area contributed by atoms with Gasteiger partial charge in [-0.3, -0.25) is 4.90 Å². The van der Waals surface area contributed by atoms with Crippen LogP contribution in [0.4, 0.5) is 4.79 Å². The molecule has 0 aliphatic carbocycles. The first kappa shape index (κ1) is 24.4. The van der Waals surface area contributed by atoms with Crippen molar-refractivity contribution in [2.75, 3.05) is 12.3 Å². The second kappa shape index (κ2) is 11.6. The molecule has 4 aromatic carbocycles. The topological polar surface area (TPSA) is 49.8 Å². The van der Waals surface area contributed by atoms with Gasteiger partial charge >= 0.3 is 6.09 Å². The number of rotatable bonds is 8. The molecule has 1 amide bonds. The maximum absolute atomic E-state index is 11.9. The molecule has 1 aliphatic heterocycles. The fourth-order valence-corrected chi connectivity index (χ4v) is 5.81. The van der Waals surface area contributed by atoms with Gasteiger partial charge in [0.15, 0.2) is 0 Å². The third kappa shape index (κ3) is 6.10. The molecular formula is C31H31NO3S. The number of amides is 1. The first-order valence-electron chi connectivity index (χ1n) is 12.5. The Kier molecular flexibility index (Phi) is 7.89. The van der Waals surface area contributed by atoms with Crippen molar-refractivity contribution >= 4 is 28.6 Å². The standard InChI is InChI=1S/C31H31NO3S/c33-31(34)32-18-16-28(21-30(32)35-22-24-12-15-25-6-4-5-7-27(25)20-24)26-13-10-23(11-14-26)17-19-36-29-8-2-1-3-9-29/h1-15,20,28,30H,16-19,21-22H2,(H,33,34). The maximum atomic E-state index is 11.9. The van der Waals surface area contributed by atoms with E-state index in [0.717, 1.165) is 29.5 Å². The summed E-state index contributed by atoms with van der Waals surface area (Å²) in [5.41, 5.74) is 3.65. The van der Waals surface area contributed by atoms with E-state index in [2.05, 4.69) is 78.9 Å². The van der Waals surface area contributed by atoms with Crippen molar-refractivity contribution in [1.29, 1.82) is 0 Å². The van der Waals surface area contributed by atoms with Crippen molar-refractivity contribution in [3.8, 4) is 0 Å². The summed E-state index contributed by atoms with van der Waals surface area (Å²) in [5.74, 6) is 1.33. The van der Waals surface area contributed by atoms with Crippen molar-refractivity contribution < 1.29 is 14.6 Å². The van der Waals surface area contributed by atoms with Crippen LogP contribution in [0.1, 0.15) is 35.4 Å². The van der Waals surface area contributed by atoms with E-state index in [1.54, 1.807) is 0 Å². The highest BCUT2D eigenvalue weighted by Gasteiger charge is 2.33. The number of piperidine rings is 1. The summed E-state index contributed by atoms with van der Waals surface area (Å²) in [6.07, 6.45) is 1.14. The summed E-state index contributed by atoms with van der Waals surface area (Å²) in [5, 5.41) is 12.1. The molecule has 1 aliphatic rings. The smallest absolute Gasteiger partial charge is 0.409 e. The van der Waals surface area contributed by atoms with Crippen molar-refractivity contribution in [2.45, 2.75) is 42.9 Å². The number of aryl methyl sites for hydroxylation is 1. The van der Waals surface area contributed by atoms with Gasteiger partial charge in [-0.2, -0.15) is 0 Å². The minimum atomic E-state index is -0.914. The lowest BCUT2D eigenvalue weighted by molar-refractivity contribution is -0.0792. The highest BCUT2D eigenvalue weighted by atomic mass is 32.2. The fourth-order valence-electron chi connectivity index (χ4n) is 4.89. The van der Waals surface area contributed by atoms with Crippen LogP contribution in [0, 0.1) is 0 Å². The van der Waals surface area contributed by atoms with Crippen molar-refractivity contribution in [3.05, 3.63) is 114 Å². The molecule has 2 atom stereocenters. The molecule has 1 N–H and O–H groups in total.